The molecule has 2 aromatic carbocycles. The van der Waals surface area contributed by atoms with Crippen molar-refractivity contribution in [1.29, 1.82) is 0 Å². The fourth-order valence-corrected chi connectivity index (χ4v) is 3.30. The van der Waals surface area contributed by atoms with Gasteiger partial charge in [0.2, 0.25) is 0 Å². The number of benzene rings is 2. The van der Waals surface area contributed by atoms with Gasteiger partial charge in [-0.2, -0.15) is 0 Å². The molecule has 1 heterocycles. The van der Waals surface area contributed by atoms with Gasteiger partial charge in [0, 0.05) is 12.0 Å². The molecule has 3 rings (SSSR count). The molecule has 2 atom stereocenters. The van der Waals surface area contributed by atoms with Crippen molar-refractivity contribution in [2.24, 2.45) is 0 Å². The zero-order chi connectivity index (χ0) is 14.7. The van der Waals surface area contributed by atoms with Crippen LogP contribution >= 0.6 is 0 Å². The summed E-state index contributed by atoms with van der Waals surface area (Å²) < 4.78 is 0. The summed E-state index contributed by atoms with van der Waals surface area (Å²) in [6.07, 6.45) is 5.89. The molecule has 1 aliphatic rings. The SMILES string of the molecule is Cc1cccc(/C=C/[C@@H]2[C@@H](c3ccccc3)CCN2C)c1. The highest BCUT2D eigenvalue weighted by molar-refractivity contribution is 5.51. The van der Waals surface area contributed by atoms with Crippen LogP contribution in [0.2, 0.25) is 0 Å². The second-order valence-electron chi connectivity index (χ2n) is 6.05. The molecule has 1 saturated heterocycles. The Morgan fingerprint density at radius 1 is 1.05 bits per heavy atom. The van der Waals surface area contributed by atoms with Crippen molar-refractivity contribution in [2.45, 2.75) is 25.3 Å². The number of hydrogen-bond donors (Lipinski definition) is 0. The van der Waals surface area contributed by atoms with Crippen molar-refractivity contribution in [1.82, 2.24) is 4.90 Å². The largest absolute Gasteiger partial charge is 0.299 e. The summed E-state index contributed by atoms with van der Waals surface area (Å²) in [5.41, 5.74) is 4.07. The summed E-state index contributed by atoms with van der Waals surface area (Å²) in [4.78, 5) is 2.46. The van der Waals surface area contributed by atoms with Crippen LogP contribution in [-0.2, 0) is 0 Å². The van der Waals surface area contributed by atoms with E-state index in [0.29, 0.717) is 12.0 Å². The number of hydrogen-bond acceptors (Lipinski definition) is 1. The van der Waals surface area contributed by atoms with Crippen molar-refractivity contribution in [2.75, 3.05) is 13.6 Å². The molecule has 0 spiro atoms. The molecular weight excluding hydrogens is 254 g/mol. The van der Waals surface area contributed by atoms with Gasteiger partial charge in [0.05, 0.1) is 0 Å². The fourth-order valence-electron chi connectivity index (χ4n) is 3.30. The van der Waals surface area contributed by atoms with Gasteiger partial charge in [0.15, 0.2) is 0 Å². The van der Waals surface area contributed by atoms with E-state index in [1.807, 2.05) is 0 Å². The maximum atomic E-state index is 2.46. The number of likely N-dealkylation sites (N-methyl/N-ethyl adjacent to an activating group) is 1. The van der Waals surface area contributed by atoms with Gasteiger partial charge < -0.3 is 0 Å². The lowest BCUT2D eigenvalue weighted by molar-refractivity contribution is 0.347. The topological polar surface area (TPSA) is 3.24 Å². The maximum Gasteiger partial charge on any atom is 0.0347 e. The Bertz CT molecular complexity index is 615. The molecule has 2 aromatic rings. The smallest absolute Gasteiger partial charge is 0.0347 e. The van der Waals surface area contributed by atoms with Gasteiger partial charge in [0.1, 0.15) is 0 Å². The average molecular weight is 277 g/mol. The molecule has 0 radical (unpaired) electrons. The van der Waals surface area contributed by atoms with Crippen LogP contribution in [0, 0.1) is 6.92 Å². The number of rotatable bonds is 3. The van der Waals surface area contributed by atoms with E-state index in [4.69, 9.17) is 0 Å². The molecule has 108 valence electrons. The van der Waals surface area contributed by atoms with Crippen molar-refractivity contribution < 1.29 is 0 Å². The van der Waals surface area contributed by atoms with Crippen LogP contribution in [0.25, 0.3) is 6.08 Å². The summed E-state index contributed by atoms with van der Waals surface area (Å²) in [5, 5.41) is 0. The van der Waals surface area contributed by atoms with Crippen LogP contribution in [0.1, 0.15) is 29.0 Å². The van der Waals surface area contributed by atoms with Crippen LogP contribution in [0.3, 0.4) is 0 Å². The number of nitrogens with zero attached hydrogens (tertiary/aromatic N) is 1. The minimum atomic E-state index is 0.493. The maximum absolute atomic E-state index is 2.46. The van der Waals surface area contributed by atoms with Gasteiger partial charge in [-0.25, -0.2) is 0 Å². The van der Waals surface area contributed by atoms with Gasteiger partial charge >= 0.3 is 0 Å². The molecule has 1 aliphatic heterocycles. The normalized spacial score (nSPS) is 23.0. The minimum absolute atomic E-state index is 0.493. The zero-order valence-electron chi connectivity index (χ0n) is 12.9. The molecule has 1 heteroatoms. The van der Waals surface area contributed by atoms with Crippen LogP contribution in [-0.4, -0.2) is 24.5 Å². The Labute approximate surface area is 127 Å². The Hall–Kier alpha value is -1.86. The Morgan fingerprint density at radius 3 is 2.62 bits per heavy atom. The van der Waals surface area contributed by atoms with Gasteiger partial charge in [-0.15, -0.1) is 0 Å². The van der Waals surface area contributed by atoms with Crippen molar-refractivity contribution in [3.63, 3.8) is 0 Å². The van der Waals surface area contributed by atoms with Gasteiger partial charge in [-0.1, -0.05) is 72.3 Å². The first-order chi connectivity index (χ1) is 10.2. The second kappa shape index (κ2) is 6.28. The van der Waals surface area contributed by atoms with Gasteiger partial charge in [0.25, 0.3) is 0 Å². The number of likely N-dealkylation sites (tertiary alicyclic amines) is 1. The standard InChI is InChI=1S/C20H23N/c1-16-7-6-8-17(15-16)11-12-20-19(13-14-21(20)2)18-9-4-3-5-10-18/h3-12,15,19-20H,13-14H2,1-2H3/b12-11+/t19-,20-/m1/s1. The van der Waals surface area contributed by atoms with E-state index in [9.17, 15) is 0 Å². The molecule has 21 heavy (non-hydrogen) atoms. The third-order valence-electron chi connectivity index (χ3n) is 4.47. The molecule has 0 bridgehead atoms. The first-order valence-corrected chi connectivity index (χ1v) is 7.74. The van der Waals surface area contributed by atoms with Crippen LogP contribution < -0.4 is 0 Å². The molecule has 0 N–H and O–H groups in total. The predicted molar refractivity (Wildman–Crippen MR) is 90.4 cm³/mol. The molecule has 0 unspecified atom stereocenters. The highest BCUT2D eigenvalue weighted by Crippen LogP contribution is 2.33. The molecular formula is C20H23N. The Morgan fingerprint density at radius 2 is 1.86 bits per heavy atom. The van der Waals surface area contributed by atoms with Crippen molar-refractivity contribution in [3.05, 3.63) is 77.4 Å². The van der Waals surface area contributed by atoms with E-state index in [2.05, 4.69) is 85.6 Å². The molecule has 1 fully saturated rings. The second-order valence-corrected chi connectivity index (χ2v) is 6.05. The number of aryl methyl sites for hydroxylation is 1. The van der Waals surface area contributed by atoms with Crippen molar-refractivity contribution in [3.8, 4) is 0 Å². The summed E-state index contributed by atoms with van der Waals surface area (Å²) in [5.74, 6) is 0.609. The Balaban J connectivity index is 1.82. The summed E-state index contributed by atoms with van der Waals surface area (Å²) in [7, 11) is 2.23. The van der Waals surface area contributed by atoms with Crippen LogP contribution in [0.15, 0.2) is 60.7 Å². The first-order valence-electron chi connectivity index (χ1n) is 7.74. The first kappa shape index (κ1) is 14.1. The minimum Gasteiger partial charge on any atom is -0.299 e. The summed E-state index contributed by atoms with van der Waals surface area (Å²) in [6, 6.07) is 20.1. The highest BCUT2D eigenvalue weighted by Gasteiger charge is 2.30. The van der Waals surface area contributed by atoms with Crippen LogP contribution in [0.4, 0.5) is 0 Å². The Kier molecular flexibility index (Phi) is 4.21. The van der Waals surface area contributed by atoms with Crippen molar-refractivity contribution >= 4 is 6.08 Å². The monoisotopic (exact) mass is 277 g/mol. The lowest BCUT2D eigenvalue weighted by atomic mass is 9.91. The molecule has 0 amide bonds. The van der Waals surface area contributed by atoms with E-state index in [1.165, 1.54) is 29.7 Å². The third kappa shape index (κ3) is 3.25. The van der Waals surface area contributed by atoms with Crippen LogP contribution in [0.5, 0.6) is 0 Å². The van der Waals surface area contributed by atoms with E-state index < -0.39 is 0 Å². The van der Waals surface area contributed by atoms with E-state index in [1.54, 1.807) is 0 Å². The molecule has 1 nitrogen and oxygen atoms in total. The average Bonchev–Trinajstić information content (AvgIpc) is 2.87. The molecule has 0 aliphatic carbocycles. The van der Waals surface area contributed by atoms with E-state index >= 15 is 0 Å². The quantitative estimate of drug-likeness (QED) is 0.798. The van der Waals surface area contributed by atoms with Gasteiger partial charge in [-0.05, 0) is 38.1 Å². The van der Waals surface area contributed by atoms with Gasteiger partial charge in [-0.3, -0.25) is 4.90 Å². The summed E-state index contributed by atoms with van der Waals surface area (Å²) >= 11 is 0. The lowest BCUT2D eigenvalue weighted by Crippen LogP contribution is -2.26. The lowest BCUT2D eigenvalue weighted by Gasteiger charge is -2.22. The summed E-state index contributed by atoms with van der Waals surface area (Å²) in [6.45, 7) is 3.31. The predicted octanol–water partition coefficient (Wildman–Crippen LogP) is 4.50. The third-order valence-corrected chi connectivity index (χ3v) is 4.47. The highest BCUT2D eigenvalue weighted by atomic mass is 15.1. The fraction of sp³-hybridized carbons (Fsp3) is 0.300. The van der Waals surface area contributed by atoms with E-state index in [-0.39, 0.29) is 0 Å². The molecule has 0 saturated carbocycles. The zero-order valence-corrected chi connectivity index (χ0v) is 12.9. The molecule has 0 aromatic heterocycles. The van der Waals surface area contributed by atoms with E-state index in [0.717, 1.165) is 0 Å².